The fourth-order valence-corrected chi connectivity index (χ4v) is 3.07. The predicted octanol–water partition coefficient (Wildman–Crippen LogP) is 3.97. The summed E-state index contributed by atoms with van der Waals surface area (Å²) in [6.07, 6.45) is -0.938. The highest BCUT2D eigenvalue weighted by Crippen LogP contribution is 2.17. The van der Waals surface area contributed by atoms with Gasteiger partial charge in [-0.25, -0.2) is 9.78 Å². The van der Waals surface area contributed by atoms with Crippen LogP contribution in [-0.4, -0.2) is 37.1 Å². The normalized spacial score (nSPS) is 11.4. The molecule has 0 radical (unpaired) electrons. The Kier molecular flexibility index (Phi) is 7.03. The van der Waals surface area contributed by atoms with Gasteiger partial charge in [0.25, 0.3) is 5.91 Å². The molecule has 156 valence electrons. The summed E-state index contributed by atoms with van der Waals surface area (Å²) in [5.74, 6) is -0.359. The SMILES string of the molecule is CC(OC(=O)c1ccc(OCc2cscn2)cc1)C(=O)Nc1ccc(N(C)C)cc1. The lowest BCUT2D eigenvalue weighted by Gasteiger charge is -2.15. The monoisotopic (exact) mass is 425 g/mol. The number of anilines is 2. The second-order valence-corrected chi connectivity index (χ2v) is 7.49. The van der Waals surface area contributed by atoms with Crippen molar-refractivity contribution in [3.05, 3.63) is 70.7 Å². The van der Waals surface area contributed by atoms with E-state index in [-0.39, 0.29) is 0 Å². The number of rotatable bonds is 8. The third-order valence-corrected chi connectivity index (χ3v) is 4.90. The Morgan fingerprint density at radius 2 is 1.80 bits per heavy atom. The zero-order valence-electron chi connectivity index (χ0n) is 17.0. The molecule has 8 heteroatoms. The lowest BCUT2D eigenvalue weighted by Crippen LogP contribution is -2.30. The largest absolute Gasteiger partial charge is 0.487 e. The fourth-order valence-electron chi connectivity index (χ4n) is 2.52. The number of ether oxygens (including phenoxy) is 2. The van der Waals surface area contributed by atoms with Crippen LogP contribution in [0.2, 0.25) is 0 Å². The van der Waals surface area contributed by atoms with Gasteiger partial charge in [0.2, 0.25) is 0 Å². The lowest BCUT2D eigenvalue weighted by molar-refractivity contribution is -0.123. The van der Waals surface area contributed by atoms with Crippen molar-refractivity contribution < 1.29 is 19.1 Å². The summed E-state index contributed by atoms with van der Waals surface area (Å²) in [6, 6.07) is 13.9. The van der Waals surface area contributed by atoms with E-state index in [1.165, 1.54) is 18.3 Å². The van der Waals surface area contributed by atoms with Gasteiger partial charge >= 0.3 is 5.97 Å². The van der Waals surface area contributed by atoms with Crippen LogP contribution < -0.4 is 15.0 Å². The quantitative estimate of drug-likeness (QED) is 0.550. The van der Waals surface area contributed by atoms with Crippen molar-refractivity contribution in [2.75, 3.05) is 24.3 Å². The smallest absolute Gasteiger partial charge is 0.338 e. The molecule has 1 amide bonds. The molecule has 1 heterocycles. The maximum atomic E-state index is 12.3. The second kappa shape index (κ2) is 9.89. The van der Waals surface area contributed by atoms with Gasteiger partial charge < -0.3 is 19.7 Å². The van der Waals surface area contributed by atoms with Crippen molar-refractivity contribution in [2.45, 2.75) is 19.6 Å². The molecule has 1 unspecified atom stereocenters. The van der Waals surface area contributed by atoms with Gasteiger partial charge in [0.15, 0.2) is 6.10 Å². The van der Waals surface area contributed by atoms with Crippen molar-refractivity contribution in [2.24, 2.45) is 0 Å². The Balaban J connectivity index is 1.50. The molecule has 0 aliphatic rings. The molecule has 0 aliphatic heterocycles. The van der Waals surface area contributed by atoms with Crippen LogP contribution in [-0.2, 0) is 16.1 Å². The standard InChI is InChI=1S/C22H23N3O4S/c1-15(21(26)24-17-6-8-19(9-7-17)25(2)3)29-22(27)16-4-10-20(11-5-16)28-12-18-13-30-14-23-18/h4-11,13-15H,12H2,1-3H3,(H,24,26). The minimum atomic E-state index is -0.938. The first-order chi connectivity index (χ1) is 14.4. The van der Waals surface area contributed by atoms with E-state index in [1.54, 1.807) is 41.9 Å². The predicted molar refractivity (Wildman–Crippen MR) is 117 cm³/mol. The van der Waals surface area contributed by atoms with Crippen molar-refractivity contribution in [1.82, 2.24) is 4.98 Å². The number of hydrogen-bond acceptors (Lipinski definition) is 7. The van der Waals surface area contributed by atoms with E-state index in [2.05, 4.69) is 10.3 Å². The van der Waals surface area contributed by atoms with Gasteiger partial charge in [-0.1, -0.05) is 0 Å². The van der Waals surface area contributed by atoms with Crippen LogP contribution >= 0.6 is 11.3 Å². The molecule has 30 heavy (non-hydrogen) atoms. The summed E-state index contributed by atoms with van der Waals surface area (Å²) < 4.78 is 10.9. The molecule has 0 bridgehead atoms. The summed E-state index contributed by atoms with van der Waals surface area (Å²) in [4.78, 5) is 30.8. The van der Waals surface area contributed by atoms with E-state index in [1.807, 2.05) is 36.5 Å². The Bertz CT molecular complexity index is 971. The second-order valence-electron chi connectivity index (χ2n) is 6.77. The topological polar surface area (TPSA) is 80.8 Å². The minimum absolute atomic E-state index is 0.339. The first-order valence-corrected chi connectivity index (χ1v) is 10.3. The van der Waals surface area contributed by atoms with Crippen LogP contribution in [0, 0.1) is 0 Å². The van der Waals surface area contributed by atoms with E-state index < -0.39 is 18.0 Å². The third kappa shape index (κ3) is 5.81. The fraction of sp³-hybridized carbons (Fsp3) is 0.227. The minimum Gasteiger partial charge on any atom is -0.487 e. The molecule has 0 saturated heterocycles. The van der Waals surface area contributed by atoms with E-state index in [0.29, 0.717) is 23.6 Å². The summed E-state index contributed by atoms with van der Waals surface area (Å²) in [5, 5.41) is 4.66. The Hall–Kier alpha value is -3.39. The van der Waals surface area contributed by atoms with E-state index in [4.69, 9.17) is 9.47 Å². The number of nitrogens with zero attached hydrogens (tertiary/aromatic N) is 2. The average Bonchev–Trinajstić information content (AvgIpc) is 3.26. The van der Waals surface area contributed by atoms with Crippen LogP contribution in [0.3, 0.4) is 0 Å². The number of carbonyl (C=O) groups is 2. The van der Waals surface area contributed by atoms with E-state index in [9.17, 15) is 9.59 Å². The van der Waals surface area contributed by atoms with Crippen molar-refractivity contribution in [3.63, 3.8) is 0 Å². The molecule has 3 rings (SSSR count). The lowest BCUT2D eigenvalue weighted by atomic mass is 10.2. The van der Waals surface area contributed by atoms with Gasteiger partial charge in [-0.05, 0) is 55.5 Å². The van der Waals surface area contributed by atoms with Crippen LogP contribution in [0.25, 0.3) is 0 Å². The van der Waals surface area contributed by atoms with Crippen molar-refractivity contribution >= 4 is 34.6 Å². The number of hydrogen-bond donors (Lipinski definition) is 1. The molecule has 1 atom stereocenters. The highest BCUT2D eigenvalue weighted by Gasteiger charge is 2.19. The van der Waals surface area contributed by atoms with Crippen LogP contribution in [0.15, 0.2) is 59.4 Å². The van der Waals surface area contributed by atoms with Gasteiger partial charge in [0.05, 0.1) is 16.8 Å². The van der Waals surface area contributed by atoms with E-state index >= 15 is 0 Å². The maximum absolute atomic E-state index is 12.3. The molecule has 0 fully saturated rings. The van der Waals surface area contributed by atoms with Crippen LogP contribution in [0.1, 0.15) is 23.0 Å². The zero-order chi connectivity index (χ0) is 21.5. The first kappa shape index (κ1) is 21.3. The summed E-state index contributed by atoms with van der Waals surface area (Å²) in [6.45, 7) is 1.90. The first-order valence-electron chi connectivity index (χ1n) is 9.31. The molecule has 0 saturated carbocycles. The molecule has 2 aromatic carbocycles. The van der Waals surface area contributed by atoms with E-state index in [0.717, 1.165) is 11.4 Å². The average molecular weight is 426 g/mol. The third-order valence-electron chi connectivity index (χ3n) is 4.26. The molecule has 1 aromatic heterocycles. The summed E-state index contributed by atoms with van der Waals surface area (Å²) in [7, 11) is 3.88. The number of benzene rings is 2. The molecular weight excluding hydrogens is 402 g/mol. The zero-order valence-corrected chi connectivity index (χ0v) is 17.8. The number of amides is 1. The Morgan fingerprint density at radius 1 is 1.10 bits per heavy atom. The van der Waals surface area contributed by atoms with Gasteiger partial charge in [0, 0.05) is 30.9 Å². The van der Waals surface area contributed by atoms with Gasteiger partial charge in [0.1, 0.15) is 12.4 Å². The molecule has 0 aliphatic carbocycles. The van der Waals surface area contributed by atoms with Gasteiger partial charge in [-0.3, -0.25) is 4.79 Å². The molecule has 0 spiro atoms. The van der Waals surface area contributed by atoms with Crippen LogP contribution in [0.4, 0.5) is 11.4 Å². The highest BCUT2D eigenvalue weighted by atomic mass is 32.1. The van der Waals surface area contributed by atoms with Crippen LogP contribution in [0.5, 0.6) is 5.75 Å². The molecule has 1 N–H and O–H groups in total. The summed E-state index contributed by atoms with van der Waals surface area (Å²) >= 11 is 1.50. The highest BCUT2D eigenvalue weighted by molar-refractivity contribution is 7.07. The summed E-state index contributed by atoms with van der Waals surface area (Å²) in [5.41, 5.74) is 4.58. The maximum Gasteiger partial charge on any atom is 0.338 e. The van der Waals surface area contributed by atoms with Gasteiger partial charge in [-0.15, -0.1) is 11.3 Å². The Labute approximate surface area is 179 Å². The Morgan fingerprint density at radius 3 is 2.40 bits per heavy atom. The molecule has 3 aromatic rings. The van der Waals surface area contributed by atoms with Crippen molar-refractivity contribution in [1.29, 1.82) is 0 Å². The number of nitrogens with one attached hydrogen (secondary N) is 1. The van der Waals surface area contributed by atoms with Crippen molar-refractivity contribution in [3.8, 4) is 5.75 Å². The number of thiazole rings is 1. The number of esters is 1. The van der Waals surface area contributed by atoms with Gasteiger partial charge in [-0.2, -0.15) is 0 Å². The number of aromatic nitrogens is 1. The molecular formula is C22H23N3O4S. The number of carbonyl (C=O) groups excluding carboxylic acids is 2. The molecule has 7 nitrogen and oxygen atoms in total.